The molecule has 1 aromatic rings. The molecular weight excluding hydrogens is 244 g/mol. The lowest BCUT2D eigenvalue weighted by atomic mass is 10.1. The van der Waals surface area contributed by atoms with Gasteiger partial charge in [0.1, 0.15) is 0 Å². The van der Waals surface area contributed by atoms with Crippen LogP contribution in [0.3, 0.4) is 0 Å². The lowest BCUT2D eigenvalue weighted by molar-refractivity contribution is -0.384. The van der Waals surface area contributed by atoms with Crippen LogP contribution in [0.1, 0.15) is 25.3 Å². The first kappa shape index (κ1) is 13.7. The van der Waals surface area contributed by atoms with Crippen molar-refractivity contribution in [2.24, 2.45) is 0 Å². The third-order valence-corrected chi connectivity index (χ3v) is 3.61. The lowest BCUT2D eigenvalue weighted by Gasteiger charge is -2.34. The van der Waals surface area contributed by atoms with Crippen molar-refractivity contribution in [3.8, 4) is 0 Å². The van der Waals surface area contributed by atoms with Gasteiger partial charge in [-0.25, -0.2) is 4.98 Å². The molecule has 0 saturated carbocycles. The highest BCUT2D eigenvalue weighted by atomic mass is 16.6. The van der Waals surface area contributed by atoms with Crippen LogP contribution in [0.5, 0.6) is 0 Å². The fourth-order valence-electron chi connectivity index (χ4n) is 2.65. The smallest absolute Gasteiger partial charge is 0.314 e. The second-order valence-electron chi connectivity index (χ2n) is 4.84. The van der Waals surface area contributed by atoms with E-state index in [0.29, 0.717) is 11.4 Å². The van der Waals surface area contributed by atoms with Gasteiger partial charge in [0.05, 0.1) is 4.92 Å². The second-order valence-corrected chi connectivity index (χ2v) is 4.84. The van der Waals surface area contributed by atoms with Crippen LogP contribution in [0.4, 0.5) is 11.5 Å². The molecule has 1 aliphatic rings. The number of nitrogens with one attached hydrogen (secondary N) is 1. The van der Waals surface area contributed by atoms with Gasteiger partial charge in [-0.3, -0.25) is 10.1 Å². The van der Waals surface area contributed by atoms with Gasteiger partial charge in [0.2, 0.25) is 5.82 Å². The zero-order valence-corrected chi connectivity index (χ0v) is 11.4. The summed E-state index contributed by atoms with van der Waals surface area (Å²) >= 11 is 0. The van der Waals surface area contributed by atoms with E-state index in [1.807, 2.05) is 6.92 Å². The molecule has 0 spiro atoms. The lowest BCUT2D eigenvalue weighted by Crippen LogP contribution is -2.46. The van der Waals surface area contributed by atoms with Gasteiger partial charge in [0.15, 0.2) is 0 Å². The molecule has 2 rings (SSSR count). The number of aryl methyl sites for hydroxylation is 1. The second kappa shape index (κ2) is 5.97. The Morgan fingerprint density at radius 3 is 3.00 bits per heavy atom. The molecule has 1 aromatic heterocycles. The quantitative estimate of drug-likeness (QED) is 0.664. The minimum atomic E-state index is -0.323. The molecule has 0 aliphatic carbocycles. The van der Waals surface area contributed by atoms with Crippen LogP contribution >= 0.6 is 0 Å². The van der Waals surface area contributed by atoms with E-state index in [1.54, 1.807) is 19.2 Å². The summed E-state index contributed by atoms with van der Waals surface area (Å²) in [6.45, 7) is 6.39. The number of anilines is 1. The van der Waals surface area contributed by atoms with Crippen molar-refractivity contribution in [1.29, 1.82) is 0 Å². The fourth-order valence-corrected chi connectivity index (χ4v) is 2.65. The molecule has 0 radical (unpaired) electrons. The van der Waals surface area contributed by atoms with Crippen molar-refractivity contribution in [3.05, 3.63) is 27.9 Å². The van der Waals surface area contributed by atoms with Crippen molar-refractivity contribution >= 4 is 11.5 Å². The third kappa shape index (κ3) is 2.84. The molecule has 1 fully saturated rings. The summed E-state index contributed by atoms with van der Waals surface area (Å²) in [7, 11) is 0. The van der Waals surface area contributed by atoms with Crippen molar-refractivity contribution < 1.29 is 4.92 Å². The predicted octanol–water partition coefficient (Wildman–Crippen LogP) is 1.88. The number of nitrogens with zero attached hydrogens (tertiary/aromatic N) is 3. The Balaban J connectivity index is 2.37. The summed E-state index contributed by atoms with van der Waals surface area (Å²) in [5, 5.41) is 14.6. The first-order valence-corrected chi connectivity index (χ1v) is 6.72. The van der Waals surface area contributed by atoms with Crippen molar-refractivity contribution in [2.75, 3.05) is 24.5 Å². The molecule has 1 N–H and O–H groups in total. The summed E-state index contributed by atoms with van der Waals surface area (Å²) in [6, 6.07) is 1.97. The van der Waals surface area contributed by atoms with E-state index in [9.17, 15) is 10.1 Å². The van der Waals surface area contributed by atoms with Crippen molar-refractivity contribution in [2.45, 2.75) is 32.7 Å². The van der Waals surface area contributed by atoms with Crippen LogP contribution in [-0.4, -0.2) is 35.6 Å². The number of likely N-dealkylation sites (N-methyl/N-ethyl adjacent to an activating group) is 1. The van der Waals surface area contributed by atoms with E-state index in [2.05, 4.69) is 15.2 Å². The van der Waals surface area contributed by atoms with Gasteiger partial charge in [-0.2, -0.15) is 0 Å². The Labute approximate surface area is 113 Å². The van der Waals surface area contributed by atoms with Gasteiger partial charge in [-0.05, 0) is 39.3 Å². The zero-order chi connectivity index (χ0) is 13.8. The molecule has 0 amide bonds. The van der Waals surface area contributed by atoms with Crippen LogP contribution in [0.25, 0.3) is 0 Å². The normalized spacial score (nSPS) is 19.2. The maximum atomic E-state index is 11.3. The Morgan fingerprint density at radius 2 is 2.42 bits per heavy atom. The van der Waals surface area contributed by atoms with Gasteiger partial charge in [0.25, 0.3) is 0 Å². The average Bonchev–Trinajstić information content (AvgIpc) is 2.40. The molecule has 1 unspecified atom stereocenters. The van der Waals surface area contributed by atoms with Crippen LogP contribution in [0, 0.1) is 17.0 Å². The number of aromatic nitrogens is 1. The van der Waals surface area contributed by atoms with Crippen LogP contribution in [0.15, 0.2) is 12.3 Å². The molecule has 6 nitrogen and oxygen atoms in total. The van der Waals surface area contributed by atoms with E-state index >= 15 is 0 Å². The third-order valence-electron chi connectivity index (χ3n) is 3.61. The van der Waals surface area contributed by atoms with E-state index < -0.39 is 0 Å². The number of nitro groups is 1. The van der Waals surface area contributed by atoms with Gasteiger partial charge >= 0.3 is 5.69 Å². The fraction of sp³-hybridized carbons (Fsp3) is 0.615. The SMILES string of the molecule is CCN(c1nccc(C)c1[N+](=O)[O-])C1CCCNC1. The minimum Gasteiger partial charge on any atom is -0.347 e. The highest BCUT2D eigenvalue weighted by Gasteiger charge is 2.28. The first-order chi connectivity index (χ1) is 9.15. The predicted molar refractivity (Wildman–Crippen MR) is 74.5 cm³/mol. The maximum Gasteiger partial charge on any atom is 0.314 e. The molecule has 6 heteroatoms. The summed E-state index contributed by atoms with van der Waals surface area (Å²) < 4.78 is 0. The topological polar surface area (TPSA) is 71.3 Å². The summed E-state index contributed by atoms with van der Waals surface area (Å²) in [5.74, 6) is 0.501. The monoisotopic (exact) mass is 264 g/mol. The zero-order valence-electron chi connectivity index (χ0n) is 11.4. The summed E-state index contributed by atoms with van der Waals surface area (Å²) in [6.07, 6.45) is 3.80. The van der Waals surface area contributed by atoms with E-state index in [1.165, 1.54) is 0 Å². The number of hydrogen-bond acceptors (Lipinski definition) is 5. The average molecular weight is 264 g/mol. The largest absolute Gasteiger partial charge is 0.347 e. The molecular formula is C13H20N4O2. The van der Waals surface area contributed by atoms with E-state index in [0.717, 1.165) is 32.5 Å². The van der Waals surface area contributed by atoms with E-state index in [-0.39, 0.29) is 16.7 Å². The van der Waals surface area contributed by atoms with Gasteiger partial charge in [-0.1, -0.05) is 0 Å². The van der Waals surface area contributed by atoms with Gasteiger partial charge in [0, 0.05) is 30.9 Å². The minimum absolute atomic E-state index is 0.134. The number of hydrogen-bond donors (Lipinski definition) is 1. The maximum absolute atomic E-state index is 11.3. The van der Waals surface area contributed by atoms with Crippen LogP contribution < -0.4 is 10.2 Å². The number of piperidine rings is 1. The van der Waals surface area contributed by atoms with Crippen LogP contribution in [0.2, 0.25) is 0 Å². The summed E-state index contributed by atoms with van der Waals surface area (Å²) in [4.78, 5) is 17.3. The van der Waals surface area contributed by atoms with Crippen molar-refractivity contribution in [3.63, 3.8) is 0 Å². The van der Waals surface area contributed by atoms with Gasteiger partial charge < -0.3 is 10.2 Å². The number of pyridine rings is 1. The molecule has 0 aromatic carbocycles. The molecule has 1 aliphatic heterocycles. The Kier molecular flexibility index (Phi) is 4.31. The Bertz CT molecular complexity index is 458. The molecule has 2 heterocycles. The highest BCUT2D eigenvalue weighted by molar-refractivity contribution is 5.62. The van der Waals surface area contributed by atoms with E-state index in [4.69, 9.17) is 0 Å². The van der Waals surface area contributed by atoms with Crippen molar-refractivity contribution in [1.82, 2.24) is 10.3 Å². The molecule has 104 valence electrons. The molecule has 1 atom stereocenters. The molecule has 19 heavy (non-hydrogen) atoms. The van der Waals surface area contributed by atoms with Crippen LogP contribution in [-0.2, 0) is 0 Å². The molecule has 1 saturated heterocycles. The number of rotatable bonds is 4. The Morgan fingerprint density at radius 1 is 1.63 bits per heavy atom. The summed E-state index contributed by atoms with van der Waals surface area (Å²) in [5.41, 5.74) is 0.798. The van der Waals surface area contributed by atoms with Gasteiger partial charge in [-0.15, -0.1) is 0 Å². The molecule has 0 bridgehead atoms. The Hall–Kier alpha value is -1.69. The highest BCUT2D eigenvalue weighted by Crippen LogP contribution is 2.31. The first-order valence-electron chi connectivity index (χ1n) is 6.72. The standard InChI is InChI=1S/C13H20N4O2/c1-3-16(11-5-4-7-14-9-11)13-12(17(18)19)10(2)6-8-15-13/h6,8,11,14H,3-5,7,9H2,1-2H3.